The molecule has 0 spiro atoms. The predicted molar refractivity (Wildman–Crippen MR) is 39.9 cm³/mol. The number of carbonyl (C=O) groups is 2. The summed E-state index contributed by atoms with van der Waals surface area (Å²) in [5, 5.41) is 0. The fourth-order valence-electron chi connectivity index (χ4n) is 0.680. The van der Waals surface area contributed by atoms with Crippen molar-refractivity contribution in [3.63, 3.8) is 0 Å². The molecule has 1 amide bonds. The van der Waals surface area contributed by atoms with Gasteiger partial charge >= 0.3 is 11.9 Å². The molecule has 0 radical (unpaired) electrons. The van der Waals surface area contributed by atoms with Crippen LogP contribution >= 0.6 is 0 Å². The van der Waals surface area contributed by atoms with Gasteiger partial charge in [0.15, 0.2) is 0 Å². The van der Waals surface area contributed by atoms with E-state index in [1.807, 2.05) is 6.92 Å². The lowest BCUT2D eigenvalue weighted by Crippen LogP contribution is -2.34. The Kier molecular flexibility index (Phi) is 4.26. The molecule has 0 bridgehead atoms. The third-order valence-corrected chi connectivity index (χ3v) is 1.27. The molecule has 4 heteroatoms. The Morgan fingerprint density at radius 1 is 1.45 bits per heavy atom. The molecule has 0 aromatic rings. The molecule has 0 heterocycles. The van der Waals surface area contributed by atoms with Gasteiger partial charge in [0, 0.05) is 13.6 Å². The molecule has 0 fully saturated rings. The molecular formula is C7H13NO3. The molecule has 0 atom stereocenters. The number of esters is 1. The van der Waals surface area contributed by atoms with Crippen LogP contribution < -0.4 is 0 Å². The highest BCUT2D eigenvalue weighted by Crippen LogP contribution is 1.89. The molecular weight excluding hydrogens is 146 g/mol. The summed E-state index contributed by atoms with van der Waals surface area (Å²) < 4.78 is 4.25. The lowest BCUT2D eigenvalue weighted by atomic mass is 10.4. The van der Waals surface area contributed by atoms with Crippen LogP contribution in [0.4, 0.5) is 0 Å². The van der Waals surface area contributed by atoms with Crippen LogP contribution in [0.15, 0.2) is 0 Å². The van der Waals surface area contributed by atoms with Gasteiger partial charge in [0.05, 0.1) is 7.11 Å². The summed E-state index contributed by atoms with van der Waals surface area (Å²) in [6.07, 6.45) is 0.833. The zero-order valence-electron chi connectivity index (χ0n) is 7.09. The number of ether oxygens (including phenoxy) is 1. The Bertz CT molecular complexity index is 156. The molecule has 0 saturated heterocycles. The summed E-state index contributed by atoms with van der Waals surface area (Å²) in [7, 11) is 2.77. The van der Waals surface area contributed by atoms with Crippen molar-refractivity contribution in [3.05, 3.63) is 0 Å². The maximum absolute atomic E-state index is 10.9. The molecule has 4 nitrogen and oxygen atoms in total. The minimum atomic E-state index is -0.805. The largest absolute Gasteiger partial charge is 0.462 e. The molecule has 64 valence electrons. The van der Waals surface area contributed by atoms with Gasteiger partial charge in [0.1, 0.15) is 0 Å². The van der Waals surface area contributed by atoms with E-state index in [-0.39, 0.29) is 0 Å². The fourth-order valence-corrected chi connectivity index (χ4v) is 0.680. The van der Waals surface area contributed by atoms with E-state index in [0.717, 1.165) is 6.42 Å². The number of methoxy groups -OCH3 is 1. The van der Waals surface area contributed by atoms with Gasteiger partial charge in [-0.05, 0) is 6.42 Å². The lowest BCUT2D eigenvalue weighted by molar-refractivity contribution is -0.157. The third kappa shape index (κ3) is 3.02. The monoisotopic (exact) mass is 159 g/mol. The van der Waals surface area contributed by atoms with E-state index in [2.05, 4.69) is 4.74 Å². The number of hydrogen-bond acceptors (Lipinski definition) is 3. The minimum Gasteiger partial charge on any atom is -0.462 e. The second-order valence-electron chi connectivity index (χ2n) is 2.22. The van der Waals surface area contributed by atoms with Crippen molar-refractivity contribution >= 4 is 11.9 Å². The first-order chi connectivity index (χ1) is 5.13. The molecule has 0 aliphatic carbocycles. The molecule has 0 aromatic heterocycles. The second kappa shape index (κ2) is 4.71. The maximum atomic E-state index is 10.9. The van der Waals surface area contributed by atoms with Gasteiger partial charge in [0.2, 0.25) is 0 Å². The predicted octanol–water partition coefficient (Wildman–Crippen LogP) is 0.0278. The third-order valence-electron chi connectivity index (χ3n) is 1.27. The molecule has 0 aromatic carbocycles. The second-order valence-corrected chi connectivity index (χ2v) is 2.22. The first-order valence-electron chi connectivity index (χ1n) is 3.46. The highest BCUT2D eigenvalue weighted by Gasteiger charge is 2.17. The topological polar surface area (TPSA) is 46.6 Å². The molecule has 0 saturated carbocycles. The Morgan fingerprint density at radius 3 is 2.36 bits per heavy atom. The first kappa shape index (κ1) is 9.94. The highest BCUT2D eigenvalue weighted by molar-refractivity contribution is 6.32. The van der Waals surface area contributed by atoms with Crippen molar-refractivity contribution in [1.29, 1.82) is 0 Å². The summed E-state index contributed by atoms with van der Waals surface area (Å²) >= 11 is 0. The van der Waals surface area contributed by atoms with Crippen molar-refractivity contribution < 1.29 is 14.3 Å². The molecule has 11 heavy (non-hydrogen) atoms. The number of hydrogen-bond donors (Lipinski definition) is 0. The summed E-state index contributed by atoms with van der Waals surface area (Å²) in [5.74, 6) is -1.39. The normalized spacial score (nSPS) is 9.00. The Balaban J connectivity index is 3.91. The van der Waals surface area contributed by atoms with Crippen LogP contribution in [0.2, 0.25) is 0 Å². The van der Waals surface area contributed by atoms with E-state index in [1.54, 1.807) is 7.05 Å². The molecule has 0 N–H and O–H groups in total. The van der Waals surface area contributed by atoms with Crippen LogP contribution in [0.25, 0.3) is 0 Å². The van der Waals surface area contributed by atoms with Crippen LogP contribution in [0.5, 0.6) is 0 Å². The van der Waals surface area contributed by atoms with Crippen molar-refractivity contribution in [1.82, 2.24) is 4.90 Å². The number of carbonyl (C=O) groups excluding carboxylic acids is 2. The summed E-state index contributed by atoms with van der Waals surface area (Å²) in [4.78, 5) is 22.9. The molecule has 0 aliphatic heterocycles. The molecule has 0 unspecified atom stereocenters. The quantitative estimate of drug-likeness (QED) is 0.422. The van der Waals surface area contributed by atoms with E-state index in [9.17, 15) is 9.59 Å². The van der Waals surface area contributed by atoms with Gasteiger partial charge in [-0.2, -0.15) is 0 Å². The van der Waals surface area contributed by atoms with Crippen molar-refractivity contribution in [2.45, 2.75) is 13.3 Å². The number of nitrogens with zero attached hydrogens (tertiary/aromatic N) is 1. The van der Waals surface area contributed by atoms with Crippen molar-refractivity contribution in [2.75, 3.05) is 20.7 Å². The SMILES string of the molecule is CCCN(C)C(=O)C(=O)OC. The number of rotatable bonds is 2. The Hall–Kier alpha value is -1.06. The van der Waals surface area contributed by atoms with Crippen LogP contribution in [-0.2, 0) is 14.3 Å². The average Bonchev–Trinajstić information content (AvgIpc) is 2.02. The Morgan fingerprint density at radius 2 is 2.00 bits per heavy atom. The number of likely N-dealkylation sites (N-methyl/N-ethyl adjacent to an activating group) is 1. The van der Waals surface area contributed by atoms with Crippen LogP contribution in [-0.4, -0.2) is 37.5 Å². The van der Waals surface area contributed by atoms with Gasteiger partial charge in [-0.1, -0.05) is 6.92 Å². The smallest absolute Gasteiger partial charge is 0.396 e. The fraction of sp³-hybridized carbons (Fsp3) is 0.714. The zero-order valence-corrected chi connectivity index (χ0v) is 7.09. The first-order valence-corrected chi connectivity index (χ1v) is 3.46. The summed E-state index contributed by atoms with van der Waals surface area (Å²) in [6.45, 7) is 2.51. The van der Waals surface area contributed by atoms with Crippen LogP contribution in [0, 0.1) is 0 Å². The highest BCUT2D eigenvalue weighted by atomic mass is 16.5. The van der Waals surface area contributed by atoms with E-state index in [0.29, 0.717) is 6.54 Å². The summed E-state index contributed by atoms with van der Waals surface area (Å²) in [6, 6.07) is 0. The van der Waals surface area contributed by atoms with Gasteiger partial charge in [0.25, 0.3) is 0 Å². The zero-order chi connectivity index (χ0) is 8.85. The van der Waals surface area contributed by atoms with Gasteiger partial charge in [-0.25, -0.2) is 4.79 Å². The van der Waals surface area contributed by atoms with E-state index >= 15 is 0 Å². The standard InChI is InChI=1S/C7H13NO3/c1-4-5-8(2)6(9)7(10)11-3/h4-5H2,1-3H3. The Labute approximate surface area is 66.1 Å². The van der Waals surface area contributed by atoms with Crippen molar-refractivity contribution in [3.8, 4) is 0 Å². The van der Waals surface area contributed by atoms with E-state index < -0.39 is 11.9 Å². The van der Waals surface area contributed by atoms with Crippen LogP contribution in [0.1, 0.15) is 13.3 Å². The summed E-state index contributed by atoms with van der Waals surface area (Å²) in [5.41, 5.74) is 0. The van der Waals surface area contributed by atoms with Gasteiger partial charge < -0.3 is 9.64 Å². The lowest BCUT2D eigenvalue weighted by Gasteiger charge is -2.13. The minimum absolute atomic E-state index is 0.577. The van der Waals surface area contributed by atoms with Gasteiger partial charge in [-0.15, -0.1) is 0 Å². The van der Waals surface area contributed by atoms with Gasteiger partial charge in [-0.3, -0.25) is 4.79 Å². The van der Waals surface area contributed by atoms with E-state index in [4.69, 9.17) is 0 Å². The number of amides is 1. The maximum Gasteiger partial charge on any atom is 0.396 e. The van der Waals surface area contributed by atoms with E-state index in [1.165, 1.54) is 12.0 Å². The molecule has 0 aliphatic rings. The molecule has 0 rings (SSSR count). The van der Waals surface area contributed by atoms with Crippen LogP contribution in [0.3, 0.4) is 0 Å². The average molecular weight is 159 g/mol. The van der Waals surface area contributed by atoms with Crippen molar-refractivity contribution in [2.24, 2.45) is 0 Å².